The molecule has 2 aliphatic heterocycles. The van der Waals surface area contributed by atoms with Crippen molar-refractivity contribution in [1.29, 1.82) is 0 Å². The van der Waals surface area contributed by atoms with Gasteiger partial charge in [-0.3, -0.25) is 9.69 Å². The number of carbonyl (C=O) groups is 1. The Bertz CT molecular complexity index is 1180. The van der Waals surface area contributed by atoms with Gasteiger partial charge in [-0.25, -0.2) is 8.42 Å². The van der Waals surface area contributed by atoms with E-state index in [1.807, 2.05) is 12.1 Å². The molecule has 0 unspecified atom stereocenters. The summed E-state index contributed by atoms with van der Waals surface area (Å²) in [6.07, 6.45) is 1.86. The number of sulfonamides is 1. The predicted molar refractivity (Wildman–Crippen MR) is 144 cm³/mol. The third kappa shape index (κ3) is 7.77. The minimum absolute atomic E-state index is 0.0863. The fraction of sp³-hybridized carbons (Fsp3) is 0.536. The van der Waals surface area contributed by atoms with Gasteiger partial charge in [-0.15, -0.1) is 0 Å². The molecule has 2 bridgehead atoms. The maximum absolute atomic E-state index is 13.3. The summed E-state index contributed by atoms with van der Waals surface area (Å²) in [5.74, 6) is 1.24. The second kappa shape index (κ2) is 12.4. The number of benzene rings is 2. The van der Waals surface area contributed by atoms with Crippen molar-refractivity contribution in [2.24, 2.45) is 5.92 Å². The number of hydrogen-bond donors (Lipinski definition) is 0. The summed E-state index contributed by atoms with van der Waals surface area (Å²) in [6.45, 7) is 10.2. The van der Waals surface area contributed by atoms with Gasteiger partial charge in [0, 0.05) is 57.8 Å². The lowest BCUT2D eigenvalue weighted by molar-refractivity contribution is 0.0697. The lowest BCUT2D eigenvalue weighted by Crippen LogP contribution is -2.50. The van der Waals surface area contributed by atoms with Gasteiger partial charge in [-0.2, -0.15) is 4.31 Å². The number of ether oxygens (including phenoxy) is 2. The number of rotatable bonds is 4. The van der Waals surface area contributed by atoms with Crippen molar-refractivity contribution >= 4 is 15.9 Å². The summed E-state index contributed by atoms with van der Waals surface area (Å²) in [5, 5.41) is 0. The first kappa shape index (κ1) is 27.6. The Labute approximate surface area is 221 Å². The molecule has 1 fully saturated rings. The van der Waals surface area contributed by atoms with Gasteiger partial charge in [-0.05, 0) is 40.8 Å². The minimum atomic E-state index is -3.25. The zero-order valence-electron chi connectivity index (χ0n) is 22.2. The van der Waals surface area contributed by atoms with Crippen LogP contribution in [0.5, 0.6) is 5.75 Å². The topological polar surface area (TPSA) is 79.4 Å². The molecule has 0 radical (unpaired) electrons. The molecule has 0 spiro atoms. The molecule has 2 aliphatic rings. The third-order valence-corrected chi connectivity index (χ3v) is 8.06. The number of carbonyl (C=O) groups excluding carboxylic acids is 1. The highest BCUT2D eigenvalue weighted by Crippen LogP contribution is 2.25. The van der Waals surface area contributed by atoms with Crippen LogP contribution in [-0.2, 0) is 27.7 Å². The number of nitrogens with zero attached hydrogens (tertiary/aromatic N) is 3. The van der Waals surface area contributed by atoms with Crippen LogP contribution in [0.25, 0.3) is 0 Å². The largest absolute Gasteiger partial charge is 0.491 e. The molecule has 1 amide bonds. The standard InChI is InChI=1S/C28H39N3O5S/c1-22(2)20-29-13-14-35-15-16-36-27-8-7-25(19-26(27)18-23-5-4-6-24(17-23)21-29)28(32)30-9-11-31(12-10-30)37(3,33)34/h4-8,17,19,22H,9-16,18,20-21H2,1-3H3. The van der Waals surface area contributed by atoms with Crippen LogP contribution in [0, 0.1) is 5.92 Å². The molecule has 0 saturated carbocycles. The highest BCUT2D eigenvalue weighted by Gasteiger charge is 2.27. The lowest BCUT2D eigenvalue weighted by Gasteiger charge is -2.33. The summed E-state index contributed by atoms with van der Waals surface area (Å²) >= 11 is 0. The Kier molecular flexibility index (Phi) is 9.23. The van der Waals surface area contributed by atoms with Gasteiger partial charge in [0.15, 0.2) is 0 Å². The van der Waals surface area contributed by atoms with Crippen LogP contribution in [0.3, 0.4) is 0 Å². The average Bonchev–Trinajstić information content (AvgIpc) is 2.85. The molecule has 0 N–H and O–H groups in total. The molecule has 0 atom stereocenters. The van der Waals surface area contributed by atoms with Crippen LogP contribution >= 0.6 is 0 Å². The zero-order valence-corrected chi connectivity index (χ0v) is 23.0. The van der Waals surface area contributed by atoms with Crippen molar-refractivity contribution in [2.45, 2.75) is 26.8 Å². The van der Waals surface area contributed by atoms with Crippen molar-refractivity contribution in [2.75, 3.05) is 65.3 Å². The minimum Gasteiger partial charge on any atom is -0.491 e. The van der Waals surface area contributed by atoms with Gasteiger partial charge in [0.2, 0.25) is 10.0 Å². The fourth-order valence-corrected chi connectivity index (χ4v) is 5.80. The molecule has 2 aromatic rings. The monoisotopic (exact) mass is 529 g/mol. The van der Waals surface area contributed by atoms with E-state index in [2.05, 4.69) is 43.0 Å². The van der Waals surface area contributed by atoms with Gasteiger partial charge in [0.1, 0.15) is 12.4 Å². The van der Waals surface area contributed by atoms with E-state index in [0.29, 0.717) is 63.9 Å². The first-order chi connectivity index (χ1) is 17.7. The van der Waals surface area contributed by atoms with E-state index in [1.54, 1.807) is 11.0 Å². The Hall–Kier alpha value is -2.46. The Balaban J connectivity index is 1.55. The predicted octanol–water partition coefficient (Wildman–Crippen LogP) is 2.86. The molecular weight excluding hydrogens is 490 g/mol. The summed E-state index contributed by atoms with van der Waals surface area (Å²) < 4.78 is 37.0. The first-order valence-corrected chi connectivity index (χ1v) is 14.9. The lowest BCUT2D eigenvalue weighted by atomic mass is 9.99. The van der Waals surface area contributed by atoms with Crippen LogP contribution in [0.2, 0.25) is 0 Å². The van der Waals surface area contributed by atoms with E-state index in [4.69, 9.17) is 9.47 Å². The maximum Gasteiger partial charge on any atom is 0.253 e. The Morgan fingerprint density at radius 1 is 0.946 bits per heavy atom. The number of hydrogen-bond acceptors (Lipinski definition) is 6. The van der Waals surface area contributed by atoms with Crippen LogP contribution in [0.1, 0.15) is 40.9 Å². The van der Waals surface area contributed by atoms with E-state index >= 15 is 0 Å². The maximum atomic E-state index is 13.3. The molecule has 0 aromatic heterocycles. The van der Waals surface area contributed by atoms with Gasteiger partial charge >= 0.3 is 0 Å². The molecule has 4 rings (SSSR count). The van der Waals surface area contributed by atoms with E-state index in [0.717, 1.165) is 30.9 Å². The molecule has 2 heterocycles. The van der Waals surface area contributed by atoms with Gasteiger partial charge in [-0.1, -0.05) is 38.1 Å². The number of piperazine rings is 1. The third-order valence-electron chi connectivity index (χ3n) is 6.75. The zero-order chi connectivity index (χ0) is 26.4. The summed E-state index contributed by atoms with van der Waals surface area (Å²) in [4.78, 5) is 17.5. The van der Waals surface area contributed by atoms with Crippen molar-refractivity contribution in [1.82, 2.24) is 14.1 Å². The average molecular weight is 530 g/mol. The number of amides is 1. The molecule has 202 valence electrons. The normalized spacial score (nSPS) is 18.6. The molecule has 9 heteroatoms. The van der Waals surface area contributed by atoms with E-state index < -0.39 is 10.0 Å². The first-order valence-electron chi connectivity index (χ1n) is 13.1. The van der Waals surface area contributed by atoms with Gasteiger partial charge < -0.3 is 14.4 Å². The second-order valence-electron chi connectivity index (χ2n) is 10.4. The van der Waals surface area contributed by atoms with Crippen molar-refractivity contribution < 1.29 is 22.7 Å². The molecule has 37 heavy (non-hydrogen) atoms. The summed E-state index contributed by atoms with van der Waals surface area (Å²) in [5.41, 5.74) is 3.97. The highest BCUT2D eigenvalue weighted by molar-refractivity contribution is 7.88. The van der Waals surface area contributed by atoms with Crippen LogP contribution in [0.4, 0.5) is 0 Å². The Morgan fingerprint density at radius 3 is 2.43 bits per heavy atom. The Morgan fingerprint density at radius 2 is 1.70 bits per heavy atom. The van der Waals surface area contributed by atoms with Crippen LogP contribution < -0.4 is 4.74 Å². The quantitative estimate of drug-likeness (QED) is 0.606. The van der Waals surface area contributed by atoms with E-state index in [1.165, 1.54) is 21.7 Å². The molecule has 1 saturated heterocycles. The van der Waals surface area contributed by atoms with E-state index in [-0.39, 0.29) is 5.91 Å². The van der Waals surface area contributed by atoms with Crippen molar-refractivity contribution in [3.8, 4) is 5.75 Å². The molecule has 2 aromatic carbocycles. The molecule has 8 nitrogen and oxygen atoms in total. The van der Waals surface area contributed by atoms with Crippen LogP contribution in [0.15, 0.2) is 42.5 Å². The molecular formula is C28H39N3O5S. The highest BCUT2D eigenvalue weighted by atomic mass is 32.2. The number of fused-ring (bicyclic) bond motifs is 3. The van der Waals surface area contributed by atoms with Gasteiger partial charge in [0.05, 0.1) is 19.5 Å². The van der Waals surface area contributed by atoms with Gasteiger partial charge in [0.25, 0.3) is 5.91 Å². The summed E-state index contributed by atoms with van der Waals surface area (Å²) in [7, 11) is -3.25. The molecule has 0 aliphatic carbocycles. The van der Waals surface area contributed by atoms with Crippen molar-refractivity contribution in [3.05, 3.63) is 64.7 Å². The van der Waals surface area contributed by atoms with Crippen LogP contribution in [-0.4, -0.2) is 93.8 Å². The van der Waals surface area contributed by atoms with Crippen molar-refractivity contribution in [3.63, 3.8) is 0 Å². The smallest absolute Gasteiger partial charge is 0.253 e. The summed E-state index contributed by atoms with van der Waals surface area (Å²) in [6, 6.07) is 14.2. The SMILES string of the molecule is CC(C)CN1CCOCCOc2ccc(C(=O)N3CCN(S(C)(=O)=O)CC3)cc2Cc2cccc(c2)C1. The fourth-order valence-electron chi connectivity index (χ4n) is 4.97. The second-order valence-corrected chi connectivity index (χ2v) is 12.3. The van der Waals surface area contributed by atoms with E-state index in [9.17, 15) is 13.2 Å².